The second-order valence-corrected chi connectivity index (χ2v) is 5.80. The zero-order valence-corrected chi connectivity index (χ0v) is 12.3. The average molecular weight is 281 g/mol. The number of benzene rings is 1. The third-order valence-electron chi connectivity index (χ3n) is 3.72. The van der Waals surface area contributed by atoms with Gasteiger partial charge in [-0.25, -0.2) is 0 Å². The number of ether oxygens (including phenoxy) is 1. The first kappa shape index (κ1) is 13.8. The topological polar surface area (TPSA) is 39.2 Å². The predicted molar refractivity (Wildman–Crippen MR) is 81.6 cm³/mol. The summed E-state index contributed by atoms with van der Waals surface area (Å²) >= 11 is 0. The highest BCUT2D eigenvalue weighted by molar-refractivity contribution is 6.00. The minimum absolute atomic E-state index is 0.0788. The minimum atomic E-state index is 0.0788. The van der Waals surface area contributed by atoms with Crippen LogP contribution in [-0.4, -0.2) is 16.9 Å². The van der Waals surface area contributed by atoms with Crippen LogP contribution in [0.3, 0.4) is 0 Å². The number of pyridine rings is 1. The molecule has 2 aromatic rings. The van der Waals surface area contributed by atoms with E-state index in [0.717, 1.165) is 6.42 Å². The second kappa shape index (κ2) is 5.68. The van der Waals surface area contributed by atoms with E-state index in [1.807, 2.05) is 32.0 Å². The molecule has 2 atom stereocenters. The Morgan fingerprint density at radius 3 is 2.71 bits per heavy atom. The number of rotatable bonds is 5. The van der Waals surface area contributed by atoms with E-state index < -0.39 is 0 Å². The van der Waals surface area contributed by atoms with E-state index >= 15 is 0 Å². The summed E-state index contributed by atoms with van der Waals surface area (Å²) in [5.74, 6) is 1.27. The van der Waals surface area contributed by atoms with Gasteiger partial charge in [-0.15, -0.1) is 0 Å². The summed E-state index contributed by atoms with van der Waals surface area (Å²) in [6.07, 6.45) is 4.29. The molecule has 1 aromatic carbocycles. The molecule has 3 nitrogen and oxygen atoms in total. The van der Waals surface area contributed by atoms with Crippen LogP contribution in [0.5, 0.6) is 5.75 Å². The predicted octanol–water partition coefficient (Wildman–Crippen LogP) is 3.86. The third-order valence-corrected chi connectivity index (χ3v) is 3.72. The van der Waals surface area contributed by atoms with Gasteiger partial charge in [0, 0.05) is 17.7 Å². The van der Waals surface area contributed by atoms with Crippen molar-refractivity contribution in [1.29, 1.82) is 0 Å². The molecule has 3 rings (SSSR count). The van der Waals surface area contributed by atoms with Crippen molar-refractivity contribution < 1.29 is 9.53 Å². The molecule has 1 heterocycles. The molecule has 21 heavy (non-hydrogen) atoms. The fourth-order valence-electron chi connectivity index (χ4n) is 2.66. The molecule has 1 saturated carbocycles. The van der Waals surface area contributed by atoms with Gasteiger partial charge >= 0.3 is 0 Å². The van der Waals surface area contributed by atoms with Crippen LogP contribution in [-0.2, 0) is 0 Å². The van der Waals surface area contributed by atoms with Gasteiger partial charge in [0.05, 0.1) is 12.3 Å². The standard InChI is InChI=1S/C18H19NO2/c1-12(2)21-15-8-14(10-19-11-15)18(20)17-9-16(17)13-6-4-3-5-7-13/h3-8,10-12,16-17H,9H2,1-2H3. The maximum Gasteiger partial charge on any atom is 0.168 e. The van der Waals surface area contributed by atoms with Crippen molar-refractivity contribution in [2.24, 2.45) is 5.92 Å². The summed E-state index contributed by atoms with van der Waals surface area (Å²) in [5, 5.41) is 0. The van der Waals surface area contributed by atoms with Crippen LogP contribution < -0.4 is 4.74 Å². The number of carbonyl (C=O) groups excluding carboxylic acids is 1. The number of nitrogens with zero attached hydrogens (tertiary/aromatic N) is 1. The molecular formula is C18H19NO2. The molecule has 2 unspecified atom stereocenters. The van der Waals surface area contributed by atoms with Crippen LogP contribution in [0.25, 0.3) is 0 Å². The van der Waals surface area contributed by atoms with Crippen molar-refractivity contribution in [2.75, 3.05) is 0 Å². The molecule has 0 aliphatic heterocycles. The number of ketones is 1. The van der Waals surface area contributed by atoms with Gasteiger partial charge in [0.25, 0.3) is 0 Å². The van der Waals surface area contributed by atoms with Gasteiger partial charge in [-0.05, 0) is 37.8 Å². The van der Waals surface area contributed by atoms with E-state index in [-0.39, 0.29) is 17.8 Å². The maximum atomic E-state index is 12.5. The zero-order chi connectivity index (χ0) is 14.8. The van der Waals surface area contributed by atoms with Crippen LogP contribution in [0, 0.1) is 5.92 Å². The third kappa shape index (κ3) is 3.13. The van der Waals surface area contributed by atoms with Crippen LogP contribution in [0.1, 0.15) is 42.1 Å². The molecule has 108 valence electrons. The van der Waals surface area contributed by atoms with Crippen LogP contribution in [0.15, 0.2) is 48.8 Å². The Labute approximate surface area is 125 Å². The Morgan fingerprint density at radius 2 is 2.00 bits per heavy atom. The van der Waals surface area contributed by atoms with Crippen molar-refractivity contribution in [1.82, 2.24) is 4.98 Å². The Morgan fingerprint density at radius 1 is 1.24 bits per heavy atom. The van der Waals surface area contributed by atoms with Gasteiger partial charge in [0.2, 0.25) is 0 Å². The summed E-state index contributed by atoms with van der Waals surface area (Å²) in [5.41, 5.74) is 1.90. The molecule has 0 N–H and O–H groups in total. The first-order valence-electron chi connectivity index (χ1n) is 7.36. The van der Waals surface area contributed by atoms with Gasteiger partial charge in [-0.2, -0.15) is 0 Å². The van der Waals surface area contributed by atoms with Crippen molar-refractivity contribution in [3.63, 3.8) is 0 Å². The van der Waals surface area contributed by atoms with Gasteiger partial charge < -0.3 is 4.74 Å². The maximum absolute atomic E-state index is 12.5. The summed E-state index contributed by atoms with van der Waals surface area (Å²) in [4.78, 5) is 16.7. The average Bonchev–Trinajstić information content (AvgIpc) is 3.27. The SMILES string of the molecule is CC(C)Oc1cncc(C(=O)C2CC2c2ccccc2)c1. The highest BCUT2D eigenvalue weighted by Crippen LogP contribution is 2.49. The number of aromatic nitrogens is 1. The molecule has 1 fully saturated rings. The molecule has 3 heteroatoms. The smallest absolute Gasteiger partial charge is 0.168 e. The lowest BCUT2D eigenvalue weighted by molar-refractivity contribution is 0.0964. The van der Waals surface area contributed by atoms with Crippen molar-refractivity contribution >= 4 is 5.78 Å². The largest absolute Gasteiger partial charge is 0.489 e. The Kier molecular flexibility index (Phi) is 3.74. The fourth-order valence-corrected chi connectivity index (χ4v) is 2.66. The lowest BCUT2D eigenvalue weighted by Crippen LogP contribution is -2.08. The molecule has 1 aromatic heterocycles. The van der Waals surface area contributed by atoms with E-state index in [2.05, 4.69) is 17.1 Å². The normalized spacial score (nSPS) is 20.3. The van der Waals surface area contributed by atoms with Gasteiger partial charge in [-0.1, -0.05) is 30.3 Å². The number of Topliss-reactive ketones (excluding diaryl/α,β-unsaturated/α-hetero) is 1. The molecule has 0 amide bonds. The summed E-state index contributed by atoms with van der Waals surface area (Å²) in [6, 6.07) is 12.0. The van der Waals surface area contributed by atoms with Gasteiger partial charge in [0.15, 0.2) is 5.78 Å². The van der Waals surface area contributed by atoms with Gasteiger partial charge in [0.1, 0.15) is 5.75 Å². The van der Waals surface area contributed by atoms with E-state index in [4.69, 9.17) is 4.74 Å². The zero-order valence-electron chi connectivity index (χ0n) is 12.3. The molecular weight excluding hydrogens is 262 g/mol. The van der Waals surface area contributed by atoms with E-state index in [9.17, 15) is 4.79 Å². The van der Waals surface area contributed by atoms with Crippen LogP contribution in [0.4, 0.5) is 0 Å². The highest BCUT2D eigenvalue weighted by atomic mass is 16.5. The first-order chi connectivity index (χ1) is 10.1. The van der Waals surface area contributed by atoms with Crippen LogP contribution in [0.2, 0.25) is 0 Å². The molecule has 0 radical (unpaired) electrons. The summed E-state index contributed by atoms with van der Waals surface area (Å²) in [6.45, 7) is 3.92. The van der Waals surface area contributed by atoms with E-state index in [1.54, 1.807) is 18.5 Å². The molecule has 0 saturated heterocycles. The Balaban J connectivity index is 1.72. The molecule has 0 spiro atoms. The Hall–Kier alpha value is -2.16. The highest BCUT2D eigenvalue weighted by Gasteiger charge is 2.44. The summed E-state index contributed by atoms with van der Waals surface area (Å²) < 4.78 is 5.60. The molecule has 1 aliphatic carbocycles. The van der Waals surface area contributed by atoms with Crippen LogP contribution >= 0.6 is 0 Å². The first-order valence-corrected chi connectivity index (χ1v) is 7.36. The van der Waals surface area contributed by atoms with Gasteiger partial charge in [-0.3, -0.25) is 9.78 Å². The molecule has 1 aliphatic rings. The minimum Gasteiger partial charge on any atom is -0.489 e. The summed E-state index contributed by atoms with van der Waals surface area (Å²) in [7, 11) is 0. The monoisotopic (exact) mass is 281 g/mol. The Bertz CT molecular complexity index is 637. The van der Waals surface area contributed by atoms with E-state index in [1.165, 1.54) is 5.56 Å². The molecule has 0 bridgehead atoms. The van der Waals surface area contributed by atoms with E-state index in [0.29, 0.717) is 17.2 Å². The second-order valence-electron chi connectivity index (χ2n) is 5.80. The lowest BCUT2D eigenvalue weighted by Gasteiger charge is -2.10. The number of carbonyl (C=O) groups is 1. The lowest BCUT2D eigenvalue weighted by atomic mass is 10.0. The van der Waals surface area contributed by atoms with Crippen molar-refractivity contribution in [3.05, 3.63) is 59.9 Å². The van der Waals surface area contributed by atoms with Crippen molar-refractivity contribution in [3.8, 4) is 5.75 Å². The fraction of sp³-hybridized carbons (Fsp3) is 0.333. The quantitative estimate of drug-likeness (QED) is 0.781. The van der Waals surface area contributed by atoms with Crippen molar-refractivity contribution in [2.45, 2.75) is 32.3 Å². The number of hydrogen-bond donors (Lipinski definition) is 0. The number of hydrogen-bond acceptors (Lipinski definition) is 3.